The number of aromatic nitrogens is 1. The van der Waals surface area contributed by atoms with Crippen molar-refractivity contribution in [3.05, 3.63) is 24.0 Å². The minimum absolute atomic E-state index is 0.0295. The third kappa shape index (κ3) is 3.07. The Kier molecular flexibility index (Phi) is 4.55. The van der Waals surface area contributed by atoms with E-state index < -0.39 is 5.97 Å². The van der Waals surface area contributed by atoms with Gasteiger partial charge in [-0.15, -0.1) is 0 Å². The average molecular weight is 278 g/mol. The normalized spacial score (nSPS) is 15.8. The first kappa shape index (κ1) is 14.3. The van der Waals surface area contributed by atoms with E-state index in [0.29, 0.717) is 5.69 Å². The van der Waals surface area contributed by atoms with Crippen LogP contribution in [0.2, 0.25) is 0 Å². The zero-order chi connectivity index (χ0) is 14.5. The van der Waals surface area contributed by atoms with Gasteiger partial charge in [0, 0.05) is 25.0 Å². The molecule has 0 bridgehead atoms. The van der Waals surface area contributed by atoms with Crippen molar-refractivity contribution in [3.8, 4) is 0 Å². The van der Waals surface area contributed by atoms with Gasteiger partial charge in [0.1, 0.15) is 5.69 Å². The molecule has 1 fully saturated rings. The van der Waals surface area contributed by atoms with E-state index in [1.807, 2.05) is 6.07 Å². The van der Waals surface area contributed by atoms with Crippen LogP contribution in [0.3, 0.4) is 0 Å². The molecule has 108 valence electrons. The summed E-state index contributed by atoms with van der Waals surface area (Å²) in [6, 6.07) is 3.56. The van der Waals surface area contributed by atoms with Crippen LogP contribution >= 0.6 is 0 Å². The summed E-state index contributed by atoms with van der Waals surface area (Å²) >= 11 is 0. The van der Waals surface area contributed by atoms with E-state index >= 15 is 0 Å². The number of pyridine rings is 1. The van der Waals surface area contributed by atoms with Gasteiger partial charge in [0.25, 0.3) is 0 Å². The monoisotopic (exact) mass is 278 g/mol. The Balaban J connectivity index is 2.03. The van der Waals surface area contributed by atoms with Gasteiger partial charge in [0.2, 0.25) is 0 Å². The Morgan fingerprint density at radius 1 is 1.25 bits per heavy atom. The van der Waals surface area contributed by atoms with Crippen molar-refractivity contribution in [2.45, 2.75) is 12.8 Å². The van der Waals surface area contributed by atoms with Crippen LogP contribution in [0.5, 0.6) is 0 Å². The molecule has 2 rings (SSSR count). The van der Waals surface area contributed by atoms with Crippen molar-refractivity contribution in [3.63, 3.8) is 0 Å². The van der Waals surface area contributed by atoms with Gasteiger partial charge in [-0.3, -0.25) is 4.79 Å². The van der Waals surface area contributed by atoms with Gasteiger partial charge in [0.05, 0.1) is 20.1 Å². The number of hydrogen-bond acceptors (Lipinski definition) is 6. The van der Waals surface area contributed by atoms with Gasteiger partial charge in [0.15, 0.2) is 0 Å². The van der Waals surface area contributed by atoms with E-state index in [0.717, 1.165) is 31.6 Å². The van der Waals surface area contributed by atoms with Crippen molar-refractivity contribution < 1.29 is 19.1 Å². The molecule has 0 atom stereocenters. The molecule has 0 unspecified atom stereocenters. The molecule has 0 aromatic carbocycles. The molecular formula is C14H18N2O4. The fourth-order valence-electron chi connectivity index (χ4n) is 2.37. The van der Waals surface area contributed by atoms with Crippen LogP contribution in [-0.4, -0.2) is 44.2 Å². The van der Waals surface area contributed by atoms with Crippen molar-refractivity contribution >= 4 is 17.6 Å². The first-order valence-electron chi connectivity index (χ1n) is 6.53. The second kappa shape index (κ2) is 6.36. The predicted molar refractivity (Wildman–Crippen MR) is 72.5 cm³/mol. The highest BCUT2D eigenvalue weighted by atomic mass is 16.5. The number of anilines is 1. The number of rotatable bonds is 3. The molecule has 0 saturated carbocycles. The lowest BCUT2D eigenvalue weighted by Crippen LogP contribution is -2.36. The van der Waals surface area contributed by atoms with Crippen LogP contribution < -0.4 is 4.90 Å². The lowest BCUT2D eigenvalue weighted by molar-refractivity contribution is -0.146. The van der Waals surface area contributed by atoms with Gasteiger partial charge in [-0.25, -0.2) is 9.78 Å². The molecule has 1 saturated heterocycles. The molecule has 2 heterocycles. The minimum Gasteiger partial charge on any atom is -0.469 e. The number of piperidine rings is 1. The highest BCUT2D eigenvalue weighted by molar-refractivity contribution is 5.88. The zero-order valence-corrected chi connectivity index (χ0v) is 11.7. The molecule has 1 aromatic rings. The number of ether oxygens (including phenoxy) is 2. The fourth-order valence-corrected chi connectivity index (χ4v) is 2.37. The molecular weight excluding hydrogens is 260 g/mol. The molecule has 6 heteroatoms. The Hall–Kier alpha value is -2.11. The Bertz CT molecular complexity index is 496. The smallest absolute Gasteiger partial charge is 0.356 e. The fraction of sp³-hybridized carbons (Fsp3) is 0.500. The van der Waals surface area contributed by atoms with Crippen molar-refractivity contribution in [2.24, 2.45) is 5.92 Å². The van der Waals surface area contributed by atoms with Gasteiger partial charge in [-0.2, -0.15) is 0 Å². The molecule has 1 aliphatic rings. The Morgan fingerprint density at radius 2 is 1.95 bits per heavy atom. The number of esters is 2. The summed E-state index contributed by atoms with van der Waals surface area (Å²) in [5, 5.41) is 0. The van der Waals surface area contributed by atoms with E-state index in [9.17, 15) is 9.59 Å². The minimum atomic E-state index is -0.448. The molecule has 0 spiro atoms. The Labute approximate surface area is 117 Å². The SMILES string of the molecule is COC(=O)c1cc(N2CCC(C(=O)OC)CC2)ccn1. The number of hydrogen-bond donors (Lipinski definition) is 0. The van der Waals surface area contributed by atoms with Crippen LogP contribution in [0, 0.1) is 5.92 Å². The highest BCUT2D eigenvalue weighted by Crippen LogP contribution is 2.24. The molecule has 0 aliphatic carbocycles. The summed E-state index contributed by atoms with van der Waals surface area (Å²) < 4.78 is 9.43. The summed E-state index contributed by atoms with van der Waals surface area (Å²) in [5.74, 6) is -0.621. The van der Waals surface area contributed by atoms with Crippen LogP contribution in [0.25, 0.3) is 0 Å². The summed E-state index contributed by atoms with van der Waals surface area (Å²) in [5.41, 5.74) is 1.21. The van der Waals surface area contributed by atoms with E-state index in [1.165, 1.54) is 14.2 Å². The number of nitrogens with zero attached hydrogens (tertiary/aromatic N) is 2. The van der Waals surface area contributed by atoms with Crippen LogP contribution in [0.1, 0.15) is 23.3 Å². The lowest BCUT2D eigenvalue weighted by Gasteiger charge is -2.32. The average Bonchev–Trinajstić information content (AvgIpc) is 2.53. The summed E-state index contributed by atoms with van der Waals surface area (Å²) in [7, 11) is 2.75. The van der Waals surface area contributed by atoms with Crippen LogP contribution in [0.4, 0.5) is 5.69 Å². The molecule has 20 heavy (non-hydrogen) atoms. The summed E-state index contributed by atoms with van der Waals surface area (Å²) in [6.07, 6.45) is 3.10. The van der Waals surface area contributed by atoms with E-state index in [4.69, 9.17) is 4.74 Å². The second-order valence-electron chi connectivity index (χ2n) is 4.68. The quantitative estimate of drug-likeness (QED) is 0.775. The largest absolute Gasteiger partial charge is 0.469 e. The third-order valence-electron chi connectivity index (χ3n) is 3.53. The van der Waals surface area contributed by atoms with Gasteiger partial charge < -0.3 is 14.4 Å². The van der Waals surface area contributed by atoms with Gasteiger partial charge >= 0.3 is 11.9 Å². The maximum Gasteiger partial charge on any atom is 0.356 e. The van der Waals surface area contributed by atoms with Crippen molar-refractivity contribution in [2.75, 3.05) is 32.2 Å². The molecule has 1 aromatic heterocycles. The Morgan fingerprint density at radius 3 is 2.55 bits per heavy atom. The first-order valence-corrected chi connectivity index (χ1v) is 6.53. The molecule has 0 amide bonds. The summed E-state index contributed by atoms with van der Waals surface area (Å²) in [4.78, 5) is 29.1. The van der Waals surface area contributed by atoms with Gasteiger partial charge in [-0.05, 0) is 25.0 Å². The van der Waals surface area contributed by atoms with Crippen LogP contribution in [-0.2, 0) is 14.3 Å². The molecule has 1 aliphatic heterocycles. The number of carbonyl (C=O) groups excluding carboxylic acids is 2. The van der Waals surface area contributed by atoms with Crippen LogP contribution in [0.15, 0.2) is 18.3 Å². The van der Waals surface area contributed by atoms with E-state index in [-0.39, 0.29) is 11.9 Å². The molecule has 0 N–H and O–H groups in total. The number of carbonyl (C=O) groups is 2. The molecule has 6 nitrogen and oxygen atoms in total. The third-order valence-corrected chi connectivity index (χ3v) is 3.53. The summed E-state index contributed by atoms with van der Waals surface area (Å²) in [6.45, 7) is 1.51. The molecule has 0 radical (unpaired) electrons. The maximum atomic E-state index is 11.5. The second-order valence-corrected chi connectivity index (χ2v) is 4.68. The first-order chi connectivity index (χ1) is 9.65. The lowest BCUT2D eigenvalue weighted by atomic mass is 9.96. The van der Waals surface area contributed by atoms with E-state index in [1.54, 1.807) is 12.3 Å². The number of methoxy groups -OCH3 is 2. The topological polar surface area (TPSA) is 68.7 Å². The maximum absolute atomic E-state index is 11.5. The zero-order valence-electron chi connectivity index (χ0n) is 11.7. The standard InChI is InChI=1S/C14H18N2O4/c1-19-13(17)10-4-7-16(8-5-10)11-3-6-15-12(9-11)14(18)20-2/h3,6,9-10H,4-5,7-8H2,1-2H3. The van der Waals surface area contributed by atoms with Gasteiger partial charge in [-0.1, -0.05) is 0 Å². The van der Waals surface area contributed by atoms with Crippen molar-refractivity contribution in [1.29, 1.82) is 0 Å². The van der Waals surface area contributed by atoms with Crippen molar-refractivity contribution in [1.82, 2.24) is 4.98 Å². The highest BCUT2D eigenvalue weighted by Gasteiger charge is 2.26. The predicted octanol–water partition coefficient (Wildman–Crippen LogP) is 1.26. The van der Waals surface area contributed by atoms with E-state index in [2.05, 4.69) is 14.6 Å².